The smallest absolute Gasteiger partial charge is 0.0911 e. The molecule has 0 spiro atoms. The zero-order valence-electron chi connectivity index (χ0n) is 7.35. The summed E-state index contributed by atoms with van der Waals surface area (Å²) in [6.45, 7) is 7.83. The molecule has 0 saturated carbocycles. The van der Waals surface area contributed by atoms with Gasteiger partial charge in [0, 0.05) is 6.08 Å². The summed E-state index contributed by atoms with van der Waals surface area (Å²) in [5.41, 5.74) is 2.38. The molecule has 0 aliphatic carbocycles. The Morgan fingerprint density at radius 3 is 2.55 bits per heavy atom. The van der Waals surface area contributed by atoms with Crippen LogP contribution in [-0.2, 0) is 0 Å². The van der Waals surface area contributed by atoms with E-state index in [9.17, 15) is 0 Å². The Morgan fingerprint density at radius 1 is 1.45 bits per heavy atom. The highest BCUT2D eigenvalue weighted by atomic mass is 14.2. The third-order valence-corrected chi connectivity index (χ3v) is 1.49. The molecule has 0 amide bonds. The van der Waals surface area contributed by atoms with Gasteiger partial charge < -0.3 is 0 Å². The monoisotopic (exact) mass is 149 g/mol. The minimum atomic E-state index is 1.01. The molecule has 0 rings (SSSR count). The maximum Gasteiger partial charge on any atom is 0.0911 e. The fraction of sp³-hybridized carbons (Fsp3) is 0.500. The van der Waals surface area contributed by atoms with Crippen LogP contribution in [0.4, 0.5) is 0 Å². The highest BCUT2D eigenvalue weighted by Crippen LogP contribution is 2.09. The molecule has 0 fully saturated rings. The van der Waals surface area contributed by atoms with Crippen molar-refractivity contribution in [3.63, 3.8) is 0 Å². The molecule has 0 aliphatic heterocycles. The molecule has 0 aromatic carbocycles. The summed E-state index contributed by atoms with van der Waals surface area (Å²) >= 11 is 0. The second-order valence-electron chi connectivity index (χ2n) is 2.93. The maximum atomic E-state index is 8.30. The minimum absolute atomic E-state index is 1.01. The van der Waals surface area contributed by atoms with Gasteiger partial charge in [-0.1, -0.05) is 11.1 Å². The molecule has 0 aliphatic rings. The Kier molecular flexibility index (Phi) is 5.20. The van der Waals surface area contributed by atoms with Gasteiger partial charge in [0.25, 0.3) is 0 Å². The van der Waals surface area contributed by atoms with Crippen molar-refractivity contribution in [2.75, 3.05) is 0 Å². The lowest BCUT2D eigenvalue weighted by Gasteiger charge is -1.98. The van der Waals surface area contributed by atoms with Crippen LogP contribution < -0.4 is 0 Å². The molecule has 0 radical (unpaired) electrons. The third-order valence-electron chi connectivity index (χ3n) is 1.49. The molecule has 1 nitrogen and oxygen atoms in total. The Bertz CT molecular complexity index is 193. The molecule has 1 heteroatoms. The lowest BCUT2D eigenvalue weighted by molar-refractivity contribution is 0.806. The van der Waals surface area contributed by atoms with E-state index in [0.717, 1.165) is 24.8 Å². The summed E-state index contributed by atoms with van der Waals surface area (Å²) in [6.07, 6.45) is 4.80. The van der Waals surface area contributed by atoms with E-state index in [2.05, 4.69) is 6.58 Å². The zero-order valence-corrected chi connectivity index (χ0v) is 7.35. The second-order valence-corrected chi connectivity index (χ2v) is 2.93. The van der Waals surface area contributed by atoms with Crippen LogP contribution in [0.15, 0.2) is 23.8 Å². The quantitative estimate of drug-likeness (QED) is 0.445. The normalized spacial score (nSPS) is 10.8. The molecular weight excluding hydrogens is 134 g/mol. The highest BCUT2D eigenvalue weighted by Gasteiger charge is 1.90. The van der Waals surface area contributed by atoms with Gasteiger partial charge in [-0.25, -0.2) is 0 Å². The first-order valence-corrected chi connectivity index (χ1v) is 3.86. The molecule has 0 atom stereocenters. The molecular formula is C10H15N. The average molecular weight is 149 g/mol. The molecule has 60 valence electrons. The Labute approximate surface area is 69.0 Å². The van der Waals surface area contributed by atoms with Gasteiger partial charge in [0.2, 0.25) is 0 Å². The van der Waals surface area contributed by atoms with Gasteiger partial charge in [-0.2, -0.15) is 5.26 Å². The Morgan fingerprint density at radius 2 is 2.09 bits per heavy atom. The fourth-order valence-corrected chi connectivity index (χ4v) is 0.851. The molecule has 0 bridgehead atoms. The van der Waals surface area contributed by atoms with E-state index in [4.69, 9.17) is 5.26 Å². The van der Waals surface area contributed by atoms with E-state index in [1.807, 2.05) is 19.9 Å². The summed E-state index contributed by atoms with van der Waals surface area (Å²) in [4.78, 5) is 0. The number of nitrogens with zero attached hydrogens (tertiary/aromatic N) is 1. The van der Waals surface area contributed by atoms with Crippen molar-refractivity contribution >= 4 is 0 Å². The van der Waals surface area contributed by atoms with Crippen molar-refractivity contribution in [1.82, 2.24) is 0 Å². The van der Waals surface area contributed by atoms with E-state index in [-0.39, 0.29) is 0 Å². The first-order valence-electron chi connectivity index (χ1n) is 3.86. The van der Waals surface area contributed by atoms with Gasteiger partial charge >= 0.3 is 0 Å². The largest absolute Gasteiger partial charge is 0.193 e. The van der Waals surface area contributed by atoms with Gasteiger partial charge in [0.1, 0.15) is 0 Å². The summed E-state index contributed by atoms with van der Waals surface area (Å²) in [5.74, 6) is 0. The van der Waals surface area contributed by atoms with Gasteiger partial charge in [-0.05, 0) is 33.1 Å². The Balaban J connectivity index is 3.48. The summed E-state index contributed by atoms with van der Waals surface area (Å²) in [7, 11) is 0. The second kappa shape index (κ2) is 5.73. The van der Waals surface area contributed by atoms with Gasteiger partial charge in [0.15, 0.2) is 0 Å². The molecule has 0 unspecified atom stereocenters. The van der Waals surface area contributed by atoms with Crippen LogP contribution in [0.1, 0.15) is 33.1 Å². The van der Waals surface area contributed by atoms with Crippen molar-refractivity contribution in [2.45, 2.75) is 33.1 Å². The third kappa shape index (κ3) is 6.86. The van der Waals surface area contributed by atoms with Crippen molar-refractivity contribution in [3.8, 4) is 6.07 Å². The van der Waals surface area contributed by atoms with E-state index < -0.39 is 0 Å². The molecule has 0 heterocycles. The lowest BCUT2D eigenvalue weighted by atomic mass is 10.1. The van der Waals surface area contributed by atoms with Crippen LogP contribution in [-0.4, -0.2) is 0 Å². The van der Waals surface area contributed by atoms with Crippen LogP contribution in [0.25, 0.3) is 0 Å². The molecule has 0 N–H and O–H groups in total. The first kappa shape index (κ1) is 9.97. The fourth-order valence-electron chi connectivity index (χ4n) is 0.851. The number of nitriles is 1. The number of allylic oxidation sites excluding steroid dienone is 3. The van der Waals surface area contributed by atoms with Crippen molar-refractivity contribution in [3.05, 3.63) is 23.8 Å². The van der Waals surface area contributed by atoms with Crippen LogP contribution in [0, 0.1) is 11.3 Å². The van der Waals surface area contributed by atoms with Gasteiger partial charge in [-0.3, -0.25) is 0 Å². The molecule has 11 heavy (non-hydrogen) atoms. The SMILES string of the molecule is C=C(C)CCCC(C)=CC#N. The van der Waals surface area contributed by atoms with Crippen LogP contribution in [0.3, 0.4) is 0 Å². The molecule has 0 aromatic rings. The number of hydrogen-bond donors (Lipinski definition) is 0. The van der Waals surface area contributed by atoms with Crippen LogP contribution in [0.2, 0.25) is 0 Å². The Hall–Kier alpha value is -1.03. The van der Waals surface area contributed by atoms with E-state index in [1.165, 1.54) is 5.57 Å². The average Bonchev–Trinajstić information content (AvgIpc) is 1.87. The number of hydrogen-bond acceptors (Lipinski definition) is 1. The van der Waals surface area contributed by atoms with E-state index in [0.29, 0.717) is 0 Å². The topological polar surface area (TPSA) is 23.8 Å². The first-order chi connectivity index (χ1) is 5.16. The van der Waals surface area contributed by atoms with Gasteiger partial charge in [-0.15, -0.1) is 6.58 Å². The minimum Gasteiger partial charge on any atom is -0.193 e. The van der Waals surface area contributed by atoms with Gasteiger partial charge in [0.05, 0.1) is 6.07 Å². The van der Waals surface area contributed by atoms with Crippen molar-refractivity contribution < 1.29 is 0 Å². The maximum absolute atomic E-state index is 8.30. The summed E-state index contributed by atoms with van der Waals surface area (Å²) in [6, 6.07) is 2.02. The highest BCUT2D eigenvalue weighted by molar-refractivity contribution is 5.11. The van der Waals surface area contributed by atoms with Crippen LogP contribution in [0.5, 0.6) is 0 Å². The predicted octanol–water partition coefficient (Wildman–Crippen LogP) is 3.20. The van der Waals surface area contributed by atoms with Crippen LogP contribution >= 0.6 is 0 Å². The predicted molar refractivity (Wildman–Crippen MR) is 48.0 cm³/mol. The van der Waals surface area contributed by atoms with Crippen molar-refractivity contribution in [1.29, 1.82) is 5.26 Å². The molecule has 0 saturated heterocycles. The molecule has 0 aromatic heterocycles. The standard InChI is InChI=1S/C10H15N/c1-9(2)5-4-6-10(3)7-8-11/h7H,1,4-6H2,2-3H3. The lowest BCUT2D eigenvalue weighted by Crippen LogP contribution is -1.79. The van der Waals surface area contributed by atoms with E-state index >= 15 is 0 Å². The number of rotatable bonds is 4. The summed E-state index contributed by atoms with van der Waals surface area (Å²) in [5, 5.41) is 8.30. The van der Waals surface area contributed by atoms with E-state index in [1.54, 1.807) is 6.08 Å². The summed E-state index contributed by atoms with van der Waals surface area (Å²) < 4.78 is 0. The van der Waals surface area contributed by atoms with Crippen molar-refractivity contribution in [2.24, 2.45) is 0 Å². The zero-order chi connectivity index (χ0) is 8.69.